The van der Waals surface area contributed by atoms with Gasteiger partial charge in [-0.25, -0.2) is 4.79 Å². The average Bonchev–Trinajstić information content (AvgIpc) is 2.79. The number of imide groups is 1. The standard InChI is InChI=1S/C24H24Cl3N3O3/c25-17-5-3-4-15(10-17)13-29-21-7-2-1-6-19(21)23(32)30(24(29)33)14-22(31)28-12-16-8-9-18(26)11-20(16)27/h3-5,8-11,19,21H,1-2,6-7,12-14H2,(H,28,31). The molecule has 1 aliphatic carbocycles. The number of hydrogen-bond donors (Lipinski definition) is 1. The van der Waals surface area contributed by atoms with E-state index in [2.05, 4.69) is 5.32 Å². The van der Waals surface area contributed by atoms with E-state index in [1.165, 1.54) is 0 Å². The number of nitrogens with one attached hydrogen (secondary N) is 1. The summed E-state index contributed by atoms with van der Waals surface area (Å²) >= 11 is 18.2. The fraction of sp³-hybridized carbons (Fsp3) is 0.375. The lowest BCUT2D eigenvalue weighted by molar-refractivity contribution is -0.143. The number of nitrogens with zero attached hydrogens (tertiary/aromatic N) is 2. The summed E-state index contributed by atoms with van der Waals surface area (Å²) in [5.41, 5.74) is 1.58. The van der Waals surface area contributed by atoms with Crippen LogP contribution in [0.15, 0.2) is 42.5 Å². The first kappa shape index (κ1) is 23.9. The molecule has 1 saturated heterocycles. The Hall–Kier alpha value is -2.28. The van der Waals surface area contributed by atoms with Gasteiger partial charge in [0.2, 0.25) is 11.8 Å². The summed E-state index contributed by atoms with van der Waals surface area (Å²) in [5, 5.41) is 4.27. The Bertz CT molecular complexity index is 1080. The smallest absolute Gasteiger partial charge is 0.327 e. The molecule has 33 heavy (non-hydrogen) atoms. The molecule has 0 radical (unpaired) electrons. The SMILES string of the molecule is O=C(CN1C(=O)C2CCCCC2N(Cc2cccc(Cl)c2)C1=O)NCc1ccc(Cl)cc1Cl. The fourth-order valence-corrected chi connectivity index (χ4v) is 5.27. The summed E-state index contributed by atoms with van der Waals surface area (Å²) in [5.74, 6) is -0.999. The van der Waals surface area contributed by atoms with E-state index in [1.54, 1.807) is 29.2 Å². The van der Waals surface area contributed by atoms with Gasteiger partial charge >= 0.3 is 6.03 Å². The first-order valence-electron chi connectivity index (χ1n) is 10.9. The minimum Gasteiger partial charge on any atom is -0.350 e. The number of carbonyl (C=O) groups is 3. The molecule has 1 heterocycles. The van der Waals surface area contributed by atoms with Crippen LogP contribution in [0.4, 0.5) is 4.79 Å². The number of hydrogen-bond acceptors (Lipinski definition) is 3. The van der Waals surface area contributed by atoms with Crippen LogP contribution in [-0.4, -0.2) is 40.2 Å². The Balaban J connectivity index is 1.48. The molecular formula is C24H24Cl3N3O3. The lowest BCUT2D eigenvalue weighted by Crippen LogP contribution is -2.63. The topological polar surface area (TPSA) is 69.7 Å². The molecule has 6 nitrogen and oxygen atoms in total. The second kappa shape index (κ2) is 10.3. The maximum Gasteiger partial charge on any atom is 0.327 e. The maximum absolute atomic E-state index is 13.4. The molecule has 2 atom stereocenters. The Labute approximate surface area is 207 Å². The van der Waals surface area contributed by atoms with Crippen molar-refractivity contribution in [2.45, 2.75) is 44.8 Å². The normalized spacial score (nSPS) is 20.6. The zero-order chi connectivity index (χ0) is 23.5. The predicted octanol–water partition coefficient (Wildman–Crippen LogP) is 5.29. The quantitative estimate of drug-likeness (QED) is 0.577. The van der Waals surface area contributed by atoms with E-state index in [0.29, 0.717) is 33.6 Å². The van der Waals surface area contributed by atoms with Crippen molar-refractivity contribution < 1.29 is 14.4 Å². The van der Waals surface area contributed by atoms with E-state index in [0.717, 1.165) is 29.7 Å². The third-order valence-electron chi connectivity index (χ3n) is 6.22. The third kappa shape index (κ3) is 5.45. The second-order valence-electron chi connectivity index (χ2n) is 8.44. The number of amides is 4. The van der Waals surface area contributed by atoms with Crippen LogP contribution < -0.4 is 5.32 Å². The first-order valence-corrected chi connectivity index (χ1v) is 12.0. The Kier molecular flexibility index (Phi) is 7.47. The van der Waals surface area contributed by atoms with Crippen molar-refractivity contribution in [3.8, 4) is 0 Å². The molecular weight excluding hydrogens is 485 g/mol. The molecule has 1 aliphatic heterocycles. The third-order valence-corrected chi connectivity index (χ3v) is 7.05. The second-order valence-corrected chi connectivity index (χ2v) is 9.72. The molecule has 4 rings (SSSR count). The Morgan fingerprint density at radius 1 is 1.00 bits per heavy atom. The van der Waals surface area contributed by atoms with Gasteiger partial charge < -0.3 is 10.2 Å². The molecule has 0 aromatic heterocycles. The van der Waals surface area contributed by atoms with Gasteiger partial charge in [0.15, 0.2) is 0 Å². The Morgan fingerprint density at radius 2 is 1.76 bits per heavy atom. The van der Waals surface area contributed by atoms with Crippen LogP contribution in [0.3, 0.4) is 0 Å². The highest BCUT2D eigenvalue weighted by atomic mass is 35.5. The van der Waals surface area contributed by atoms with Gasteiger partial charge in [0, 0.05) is 34.2 Å². The average molecular weight is 509 g/mol. The van der Waals surface area contributed by atoms with Crippen molar-refractivity contribution in [2.75, 3.05) is 6.54 Å². The van der Waals surface area contributed by atoms with Crippen LogP contribution in [0, 0.1) is 5.92 Å². The van der Waals surface area contributed by atoms with E-state index >= 15 is 0 Å². The minimum absolute atomic E-state index is 0.162. The van der Waals surface area contributed by atoms with Gasteiger partial charge in [0.1, 0.15) is 6.54 Å². The van der Waals surface area contributed by atoms with Gasteiger partial charge in [0.05, 0.1) is 5.92 Å². The minimum atomic E-state index is -0.442. The predicted molar refractivity (Wildman–Crippen MR) is 128 cm³/mol. The Morgan fingerprint density at radius 3 is 2.52 bits per heavy atom. The highest BCUT2D eigenvalue weighted by Crippen LogP contribution is 2.35. The number of fused-ring (bicyclic) bond motifs is 1. The van der Waals surface area contributed by atoms with Crippen LogP contribution >= 0.6 is 34.8 Å². The van der Waals surface area contributed by atoms with Gasteiger partial charge in [-0.15, -0.1) is 0 Å². The molecule has 1 N–H and O–H groups in total. The highest BCUT2D eigenvalue weighted by molar-refractivity contribution is 6.35. The van der Waals surface area contributed by atoms with Crippen LogP contribution in [0.1, 0.15) is 36.8 Å². The van der Waals surface area contributed by atoms with Crippen molar-refractivity contribution in [1.82, 2.24) is 15.1 Å². The number of benzene rings is 2. The number of halogens is 3. The van der Waals surface area contributed by atoms with E-state index < -0.39 is 11.9 Å². The van der Waals surface area contributed by atoms with Crippen LogP contribution in [0.5, 0.6) is 0 Å². The largest absolute Gasteiger partial charge is 0.350 e. The van der Waals surface area contributed by atoms with Gasteiger partial charge in [-0.2, -0.15) is 0 Å². The molecule has 0 spiro atoms. The summed E-state index contributed by atoms with van der Waals surface area (Å²) in [6, 6.07) is 11.7. The molecule has 2 unspecified atom stereocenters. The van der Waals surface area contributed by atoms with Crippen molar-refractivity contribution in [2.24, 2.45) is 5.92 Å². The number of carbonyl (C=O) groups excluding carboxylic acids is 3. The molecule has 9 heteroatoms. The summed E-state index contributed by atoms with van der Waals surface area (Å²) in [7, 11) is 0. The molecule has 2 aromatic carbocycles. The van der Waals surface area contributed by atoms with Crippen molar-refractivity contribution in [3.05, 3.63) is 68.7 Å². The first-order chi connectivity index (χ1) is 15.8. The summed E-state index contributed by atoms with van der Waals surface area (Å²) in [6.45, 7) is 0.174. The van der Waals surface area contributed by atoms with Gasteiger partial charge in [-0.1, -0.05) is 65.8 Å². The van der Waals surface area contributed by atoms with Crippen molar-refractivity contribution in [1.29, 1.82) is 0 Å². The zero-order valence-electron chi connectivity index (χ0n) is 17.9. The molecule has 2 aromatic rings. The van der Waals surface area contributed by atoms with Crippen molar-refractivity contribution >= 4 is 52.6 Å². The fourth-order valence-electron chi connectivity index (χ4n) is 4.58. The summed E-state index contributed by atoms with van der Waals surface area (Å²) in [4.78, 5) is 42.0. The van der Waals surface area contributed by atoms with E-state index in [4.69, 9.17) is 34.8 Å². The van der Waals surface area contributed by atoms with Gasteiger partial charge in [0.25, 0.3) is 0 Å². The number of rotatable bonds is 6. The van der Waals surface area contributed by atoms with Crippen LogP contribution in [-0.2, 0) is 22.7 Å². The van der Waals surface area contributed by atoms with Crippen molar-refractivity contribution in [3.63, 3.8) is 0 Å². The van der Waals surface area contributed by atoms with E-state index in [1.807, 2.05) is 18.2 Å². The van der Waals surface area contributed by atoms with Gasteiger partial charge in [-0.3, -0.25) is 14.5 Å². The maximum atomic E-state index is 13.4. The lowest BCUT2D eigenvalue weighted by atomic mass is 9.81. The zero-order valence-corrected chi connectivity index (χ0v) is 20.2. The molecule has 2 aliphatic rings. The van der Waals surface area contributed by atoms with E-state index in [9.17, 15) is 14.4 Å². The molecule has 4 amide bonds. The molecule has 174 valence electrons. The lowest BCUT2D eigenvalue weighted by Gasteiger charge is -2.46. The monoisotopic (exact) mass is 507 g/mol. The molecule has 0 bridgehead atoms. The summed E-state index contributed by atoms with van der Waals surface area (Å²) < 4.78 is 0. The summed E-state index contributed by atoms with van der Waals surface area (Å²) in [6.07, 6.45) is 3.39. The molecule has 2 fully saturated rings. The van der Waals surface area contributed by atoms with Gasteiger partial charge in [-0.05, 0) is 48.2 Å². The van der Waals surface area contributed by atoms with Crippen LogP contribution in [0.2, 0.25) is 15.1 Å². The highest BCUT2D eigenvalue weighted by Gasteiger charge is 2.47. The van der Waals surface area contributed by atoms with Crippen LogP contribution in [0.25, 0.3) is 0 Å². The van der Waals surface area contributed by atoms with E-state index in [-0.39, 0.29) is 31.0 Å². The number of urea groups is 1. The molecule has 1 saturated carbocycles.